The van der Waals surface area contributed by atoms with Crippen molar-refractivity contribution in [2.75, 3.05) is 0 Å². The van der Waals surface area contributed by atoms with Gasteiger partial charge in [0.1, 0.15) is 17.4 Å². The zero-order valence-electron chi connectivity index (χ0n) is 17.1. The third kappa shape index (κ3) is 3.68. The SMILES string of the molecule is Cc1cc(Br)c(Cn2cc3ccc(C#N)nc3n2)c2ccn(C(=O)OC(C)(C)C)c12. The molecule has 152 valence electrons. The van der Waals surface area contributed by atoms with Crippen molar-refractivity contribution in [2.24, 2.45) is 0 Å². The number of fused-ring (bicyclic) bond motifs is 2. The fourth-order valence-corrected chi connectivity index (χ4v) is 4.12. The summed E-state index contributed by atoms with van der Waals surface area (Å²) in [5.41, 5.74) is 3.04. The highest BCUT2D eigenvalue weighted by Crippen LogP contribution is 2.32. The van der Waals surface area contributed by atoms with E-state index >= 15 is 0 Å². The average molecular weight is 466 g/mol. The predicted molar refractivity (Wildman–Crippen MR) is 117 cm³/mol. The number of ether oxygens (including phenoxy) is 1. The summed E-state index contributed by atoms with van der Waals surface area (Å²) in [5, 5.41) is 15.4. The summed E-state index contributed by atoms with van der Waals surface area (Å²) >= 11 is 3.66. The number of nitriles is 1. The van der Waals surface area contributed by atoms with Gasteiger partial charge in [0.05, 0.1) is 12.1 Å². The van der Waals surface area contributed by atoms with E-state index < -0.39 is 11.7 Å². The quantitative estimate of drug-likeness (QED) is 0.407. The molecule has 0 aliphatic rings. The number of nitrogens with zero attached hydrogens (tertiary/aromatic N) is 5. The van der Waals surface area contributed by atoms with E-state index in [2.05, 4.69) is 26.0 Å². The number of hydrogen-bond acceptors (Lipinski definition) is 5. The van der Waals surface area contributed by atoms with Gasteiger partial charge in [-0.2, -0.15) is 10.4 Å². The number of pyridine rings is 1. The lowest BCUT2D eigenvalue weighted by Gasteiger charge is -2.20. The van der Waals surface area contributed by atoms with Gasteiger partial charge < -0.3 is 4.74 Å². The Balaban J connectivity index is 1.78. The molecule has 0 atom stereocenters. The van der Waals surface area contributed by atoms with Crippen LogP contribution in [0.5, 0.6) is 0 Å². The minimum absolute atomic E-state index is 0.334. The number of halogens is 1. The molecule has 3 heterocycles. The van der Waals surface area contributed by atoms with E-state index in [9.17, 15) is 4.79 Å². The van der Waals surface area contributed by atoms with E-state index in [1.807, 2.05) is 58.2 Å². The summed E-state index contributed by atoms with van der Waals surface area (Å²) < 4.78 is 9.82. The van der Waals surface area contributed by atoms with Crippen LogP contribution in [0.4, 0.5) is 4.79 Å². The number of rotatable bonds is 2. The summed E-state index contributed by atoms with van der Waals surface area (Å²) in [7, 11) is 0. The smallest absolute Gasteiger partial charge is 0.419 e. The van der Waals surface area contributed by atoms with Crippen LogP contribution in [0.3, 0.4) is 0 Å². The van der Waals surface area contributed by atoms with Crippen molar-refractivity contribution < 1.29 is 9.53 Å². The number of aromatic nitrogens is 4. The summed E-state index contributed by atoms with van der Waals surface area (Å²) in [5.74, 6) is 0. The highest BCUT2D eigenvalue weighted by molar-refractivity contribution is 9.10. The molecule has 0 saturated heterocycles. The van der Waals surface area contributed by atoms with Gasteiger partial charge in [-0.3, -0.25) is 9.25 Å². The van der Waals surface area contributed by atoms with E-state index in [0.29, 0.717) is 17.9 Å². The molecule has 4 rings (SSSR count). The van der Waals surface area contributed by atoms with Crippen molar-refractivity contribution in [3.05, 3.63) is 58.0 Å². The second-order valence-corrected chi connectivity index (χ2v) is 8.98. The number of hydrogen-bond donors (Lipinski definition) is 0. The van der Waals surface area contributed by atoms with Crippen LogP contribution in [0.1, 0.15) is 37.6 Å². The Morgan fingerprint density at radius 1 is 1.30 bits per heavy atom. The predicted octanol–water partition coefficient (Wildman–Crippen LogP) is 5.16. The Morgan fingerprint density at radius 2 is 2.07 bits per heavy atom. The minimum Gasteiger partial charge on any atom is -0.443 e. The molecule has 0 bridgehead atoms. The van der Waals surface area contributed by atoms with Gasteiger partial charge in [0.2, 0.25) is 0 Å². The molecule has 0 aliphatic carbocycles. The lowest BCUT2D eigenvalue weighted by Crippen LogP contribution is -2.26. The van der Waals surface area contributed by atoms with Crippen molar-refractivity contribution in [1.29, 1.82) is 5.26 Å². The maximum Gasteiger partial charge on any atom is 0.419 e. The third-order valence-corrected chi connectivity index (χ3v) is 5.37. The molecule has 0 spiro atoms. The first-order chi connectivity index (χ1) is 14.2. The van der Waals surface area contributed by atoms with Crippen LogP contribution in [-0.2, 0) is 11.3 Å². The van der Waals surface area contributed by atoms with Crippen molar-refractivity contribution >= 4 is 44.0 Å². The van der Waals surface area contributed by atoms with Crippen molar-refractivity contribution in [1.82, 2.24) is 19.3 Å². The first-order valence-electron chi connectivity index (χ1n) is 9.43. The van der Waals surface area contributed by atoms with E-state index in [4.69, 9.17) is 10.00 Å². The monoisotopic (exact) mass is 465 g/mol. The van der Waals surface area contributed by atoms with E-state index in [0.717, 1.165) is 31.9 Å². The first kappa shape index (κ1) is 20.1. The fraction of sp³-hybridized carbons (Fsp3) is 0.273. The Labute approximate surface area is 182 Å². The van der Waals surface area contributed by atoms with Crippen LogP contribution in [0, 0.1) is 18.3 Å². The number of benzene rings is 1. The van der Waals surface area contributed by atoms with Crippen LogP contribution >= 0.6 is 15.9 Å². The number of aryl methyl sites for hydroxylation is 1. The molecule has 0 radical (unpaired) electrons. The maximum absolute atomic E-state index is 12.7. The molecule has 0 aliphatic heterocycles. The van der Waals surface area contributed by atoms with Gasteiger partial charge in [0.15, 0.2) is 5.65 Å². The lowest BCUT2D eigenvalue weighted by molar-refractivity contribution is 0.0544. The maximum atomic E-state index is 12.7. The summed E-state index contributed by atoms with van der Waals surface area (Å²) in [4.78, 5) is 16.9. The largest absolute Gasteiger partial charge is 0.443 e. The molecule has 0 unspecified atom stereocenters. The van der Waals surface area contributed by atoms with Gasteiger partial charge in [-0.05, 0) is 63.1 Å². The zero-order chi connectivity index (χ0) is 21.6. The molecular weight excluding hydrogens is 446 g/mol. The Hall–Kier alpha value is -3.18. The second-order valence-electron chi connectivity index (χ2n) is 8.13. The fourth-order valence-electron chi connectivity index (χ4n) is 3.43. The molecule has 4 aromatic rings. The normalized spacial score (nSPS) is 11.7. The first-order valence-corrected chi connectivity index (χ1v) is 10.2. The van der Waals surface area contributed by atoms with E-state index in [1.54, 1.807) is 21.5 Å². The van der Waals surface area contributed by atoms with Gasteiger partial charge >= 0.3 is 6.09 Å². The summed E-state index contributed by atoms with van der Waals surface area (Å²) in [6.07, 6.45) is 3.22. The van der Waals surface area contributed by atoms with E-state index in [1.165, 1.54) is 0 Å². The van der Waals surface area contributed by atoms with Gasteiger partial charge in [-0.15, -0.1) is 0 Å². The third-order valence-electron chi connectivity index (χ3n) is 4.66. The highest BCUT2D eigenvalue weighted by Gasteiger charge is 2.21. The number of carbonyl (C=O) groups is 1. The molecule has 1 aromatic carbocycles. The van der Waals surface area contributed by atoms with Gasteiger partial charge in [-0.1, -0.05) is 15.9 Å². The van der Waals surface area contributed by atoms with Gasteiger partial charge in [-0.25, -0.2) is 9.78 Å². The second kappa shape index (κ2) is 7.26. The van der Waals surface area contributed by atoms with Crippen LogP contribution in [0.15, 0.2) is 41.1 Å². The molecule has 8 heteroatoms. The van der Waals surface area contributed by atoms with Crippen LogP contribution < -0.4 is 0 Å². The molecule has 30 heavy (non-hydrogen) atoms. The Kier molecular flexibility index (Phi) is 4.86. The summed E-state index contributed by atoms with van der Waals surface area (Å²) in [6.45, 7) is 7.99. The van der Waals surface area contributed by atoms with Crippen molar-refractivity contribution in [3.8, 4) is 6.07 Å². The minimum atomic E-state index is -0.579. The Morgan fingerprint density at radius 3 is 2.77 bits per heavy atom. The van der Waals surface area contributed by atoms with Gasteiger partial charge in [0.25, 0.3) is 0 Å². The standard InChI is InChI=1S/C22H20BrN5O2/c1-13-9-18(23)17(12-27-11-14-5-6-15(10-24)25-20(14)26-27)16-7-8-28(19(13)16)21(29)30-22(2,3)4/h5-9,11H,12H2,1-4H3. The molecule has 7 nitrogen and oxygen atoms in total. The molecule has 0 saturated carbocycles. The number of carbonyl (C=O) groups excluding carboxylic acids is 1. The lowest BCUT2D eigenvalue weighted by atomic mass is 10.1. The van der Waals surface area contributed by atoms with Crippen LogP contribution in [0.2, 0.25) is 0 Å². The zero-order valence-corrected chi connectivity index (χ0v) is 18.7. The van der Waals surface area contributed by atoms with Crippen molar-refractivity contribution in [2.45, 2.75) is 39.8 Å². The molecular formula is C22H20BrN5O2. The van der Waals surface area contributed by atoms with Crippen LogP contribution in [0.25, 0.3) is 21.9 Å². The summed E-state index contributed by atoms with van der Waals surface area (Å²) in [6, 6.07) is 9.46. The highest BCUT2D eigenvalue weighted by atomic mass is 79.9. The molecule has 0 amide bonds. The molecule has 0 N–H and O–H groups in total. The average Bonchev–Trinajstić information content (AvgIpc) is 3.27. The van der Waals surface area contributed by atoms with Crippen LogP contribution in [-0.4, -0.2) is 31.0 Å². The molecule has 0 fully saturated rings. The topological polar surface area (TPSA) is 85.7 Å². The van der Waals surface area contributed by atoms with E-state index in [-0.39, 0.29) is 0 Å². The van der Waals surface area contributed by atoms with Gasteiger partial charge in [0, 0.05) is 27.6 Å². The molecule has 3 aromatic heterocycles. The Bertz CT molecular complexity index is 1340. The van der Waals surface area contributed by atoms with Crippen molar-refractivity contribution in [3.63, 3.8) is 0 Å².